The molecule has 0 amide bonds. The van der Waals surface area contributed by atoms with Crippen molar-refractivity contribution in [3.05, 3.63) is 58.4 Å². The summed E-state index contributed by atoms with van der Waals surface area (Å²) in [4.78, 5) is 4.61. The predicted octanol–water partition coefficient (Wildman–Crippen LogP) is 3.96. The lowest BCUT2D eigenvalue weighted by Crippen LogP contribution is -2.58. The van der Waals surface area contributed by atoms with Crippen LogP contribution in [-0.4, -0.2) is 76.4 Å². The summed E-state index contributed by atoms with van der Waals surface area (Å²) < 4.78 is 22.6. The second-order valence-corrected chi connectivity index (χ2v) is 10.5. The van der Waals surface area contributed by atoms with Crippen molar-refractivity contribution in [2.45, 2.75) is 98.1 Å². The maximum atomic E-state index is 10.5. The van der Waals surface area contributed by atoms with Gasteiger partial charge in [-0.3, -0.25) is 0 Å². The zero-order valence-electron chi connectivity index (χ0n) is 25.2. The summed E-state index contributed by atoms with van der Waals surface area (Å²) in [6, 6.07) is 0. The van der Waals surface area contributed by atoms with E-state index in [0.717, 1.165) is 23.1 Å². The molecule has 4 N–H and O–H groups in total. The normalized spacial score (nSPS) is 26.1. The fourth-order valence-corrected chi connectivity index (χ4v) is 4.47. The zero-order valence-corrected chi connectivity index (χ0v) is 25.2. The minimum Gasteiger partial charge on any atom is -0.489 e. The number of methoxy groups -OCH3 is 2. The summed E-state index contributed by atoms with van der Waals surface area (Å²) in [6.07, 6.45) is 4.85. The number of ether oxygens (including phenoxy) is 4. The molecule has 0 spiro atoms. The molecule has 1 aromatic rings. The lowest BCUT2D eigenvalue weighted by Gasteiger charge is -2.39. The van der Waals surface area contributed by atoms with Crippen LogP contribution < -0.4 is 14.2 Å². The van der Waals surface area contributed by atoms with Gasteiger partial charge in [0.25, 0.3) is 5.88 Å². The second kappa shape index (κ2) is 15.3. The minimum atomic E-state index is -1.47. The standard InChI is InChI=1S/C31H47NO8/c1-10-19(4)24(33)20(5)16-18(3)13-11-12-17(2)14-15-23-21(6)28(29(37-8)30(32-23)38-9)40-31-27(36)26(35)25(34)22(7)39-31/h10-11,13-14,16,20,22,24-27,31,33-36H,12,15H2,1-9H3/b13-11+,17-14+,18-16+,19-10+/t20?,22-,24?,25-,26+,27+,31?/m0/s1. The Morgan fingerprint density at radius 2 is 1.73 bits per heavy atom. The Hall–Kier alpha value is -2.69. The highest BCUT2D eigenvalue weighted by molar-refractivity contribution is 5.54. The van der Waals surface area contributed by atoms with Gasteiger partial charge in [0.05, 0.1) is 32.1 Å². The quantitative estimate of drug-likeness (QED) is 0.221. The molecule has 0 aliphatic carbocycles. The van der Waals surface area contributed by atoms with Crippen molar-refractivity contribution in [1.29, 1.82) is 0 Å². The van der Waals surface area contributed by atoms with Crippen molar-refractivity contribution in [2.75, 3.05) is 14.2 Å². The minimum absolute atomic E-state index is 0.0182. The van der Waals surface area contributed by atoms with E-state index in [-0.39, 0.29) is 23.3 Å². The van der Waals surface area contributed by atoms with E-state index in [0.29, 0.717) is 17.7 Å². The Labute approximate surface area is 238 Å². The molecule has 9 heteroatoms. The van der Waals surface area contributed by atoms with Crippen LogP contribution in [-0.2, 0) is 11.2 Å². The Kier molecular flexibility index (Phi) is 12.9. The molecule has 0 radical (unpaired) electrons. The van der Waals surface area contributed by atoms with Crippen molar-refractivity contribution in [3.63, 3.8) is 0 Å². The van der Waals surface area contributed by atoms with E-state index in [2.05, 4.69) is 29.3 Å². The molecule has 40 heavy (non-hydrogen) atoms. The first kappa shape index (κ1) is 33.5. The van der Waals surface area contributed by atoms with E-state index in [1.54, 1.807) is 6.92 Å². The van der Waals surface area contributed by atoms with Gasteiger partial charge >= 0.3 is 0 Å². The Morgan fingerprint density at radius 3 is 2.33 bits per heavy atom. The topological polar surface area (TPSA) is 131 Å². The van der Waals surface area contributed by atoms with Gasteiger partial charge in [0, 0.05) is 17.9 Å². The third-order valence-corrected chi connectivity index (χ3v) is 7.26. The number of allylic oxidation sites excluding steroid dienone is 6. The summed E-state index contributed by atoms with van der Waals surface area (Å²) in [5.74, 6) is 0.751. The third kappa shape index (κ3) is 8.41. The summed E-state index contributed by atoms with van der Waals surface area (Å²) in [5.41, 5.74) is 4.54. The fourth-order valence-electron chi connectivity index (χ4n) is 4.47. The molecule has 0 aromatic carbocycles. The van der Waals surface area contributed by atoms with Crippen LogP contribution in [0.1, 0.15) is 59.2 Å². The van der Waals surface area contributed by atoms with Gasteiger partial charge in [-0.1, -0.05) is 48.5 Å². The number of pyridine rings is 1. The Balaban J connectivity index is 2.20. The van der Waals surface area contributed by atoms with Crippen LogP contribution in [0.25, 0.3) is 0 Å². The molecule has 224 valence electrons. The van der Waals surface area contributed by atoms with E-state index in [1.807, 2.05) is 47.6 Å². The molecular formula is C31H47NO8. The highest BCUT2D eigenvalue weighted by atomic mass is 16.7. The maximum Gasteiger partial charge on any atom is 0.261 e. The van der Waals surface area contributed by atoms with Gasteiger partial charge in [0.15, 0.2) is 5.75 Å². The number of rotatable bonds is 12. The number of hydrogen-bond donors (Lipinski definition) is 4. The van der Waals surface area contributed by atoms with Crippen LogP contribution in [0.4, 0.5) is 0 Å². The van der Waals surface area contributed by atoms with Crippen LogP contribution in [0, 0.1) is 12.8 Å². The van der Waals surface area contributed by atoms with Gasteiger partial charge in [-0.25, -0.2) is 4.98 Å². The molecule has 3 unspecified atom stereocenters. The third-order valence-electron chi connectivity index (χ3n) is 7.26. The molecule has 1 saturated heterocycles. The number of aliphatic hydroxyl groups is 4. The Morgan fingerprint density at radius 1 is 1.05 bits per heavy atom. The smallest absolute Gasteiger partial charge is 0.261 e. The molecule has 0 saturated carbocycles. The molecule has 2 heterocycles. The number of nitrogens with zero attached hydrogens (tertiary/aromatic N) is 1. The average molecular weight is 562 g/mol. The molecule has 1 aromatic heterocycles. The van der Waals surface area contributed by atoms with Gasteiger partial charge in [-0.2, -0.15) is 0 Å². The first-order valence-electron chi connectivity index (χ1n) is 13.6. The van der Waals surface area contributed by atoms with Gasteiger partial charge in [-0.15, -0.1) is 0 Å². The van der Waals surface area contributed by atoms with Crippen molar-refractivity contribution >= 4 is 0 Å². The average Bonchev–Trinajstić information content (AvgIpc) is 2.93. The first-order valence-corrected chi connectivity index (χ1v) is 13.6. The van der Waals surface area contributed by atoms with E-state index in [4.69, 9.17) is 18.9 Å². The molecule has 9 nitrogen and oxygen atoms in total. The van der Waals surface area contributed by atoms with Gasteiger partial charge in [0.1, 0.15) is 18.3 Å². The molecule has 1 fully saturated rings. The first-order chi connectivity index (χ1) is 18.9. The highest BCUT2D eigenvalue weighted by Crippen LogP contribution is 2.41. The lowest BCUT2D eigenvalue weighted by atomic mass is 9.96. The van der Waals surface area contributed by atoms with E-state index < -0.39 is 36.8 Å². The van der Waals surface area contributed by atoms with Crippen LogP contribution in [0.5, 0.6) is 17.4 Å². The predicted molar refractivity (Wildman–Crippen MR) is 155 cm³/mol. The van der Waals surface area contributed by atoms with Gasteiger partial charge in [0.2, 0.25) is 12.0 Å². The van der Waals surface area contributed by atoms with Crippen LogP contribution in [0.2, 0.25) is 0 Å². The van der Waals surface area contributed by atoms with E-state index >= 15 is 0 Å². The molecule has 7 atom stereocenters. The number of aliphatic hydroxyl groups excluding tert-OH is 4. The number of hydrogen-bond acceptors (Lipinski definition) is 9. The second-order valence-electron chi connectivity index (χ2n) is 10.5. The van der Waals surface area contributed by atoms with Crippen LogP contribution >= 0.6 is 0 Å². The lowest BCUT2D eigenvalue weighted by molar-refractivity contribution is -0.268. The molecule has 2 rings (SSSR count). The molecule has 0 bridgehead atoms. The van der Waals surface area contributed by atoms with Gasteiger partial charge in [-0.05, 0) is 53.5 Å². The fraction of sp³-hybridized carbons (Fsp3) is 0.581. The monoisotopic (exact) mass is 561 g/mol. The summed E-state index contributed by atoms with van der Waals surface area (Å²) in [6.45, 7) is 13.3. The van der Waals surface area contributed by atoms with Crippen LogP contribution in [0.3, 0.4) is 0 Å². The Bertz CT molecular complexity index is 1110. The summed E-state index contributed by atoms with van der Waals surface area (Å²) in [7, 11) is 2.93. The summed E-state index contributed by atoms with van der Waals surface area (Å²) in [5, 5.41) is 41.0. The maximum absolute atomic E-state index is 10.5. The SMILES string of the molecule is C/C=C(\C)C(O)C(C)/C=C(C)/C=C/C/C(C)=C/Cc1nc(OC)c(OC)c(OC2O[C@@H](C)[C@H](O)[C@@H](O)[C@H]2O)c1C. The molecular weight excluding hydrogens is 514 g/mol. The number of aromatic nitrogens is 1. The molecule has 1 aliphatic rings. The van der Waals surface area contributed by atoms with Crippen molar-refractivity contribution in [3.8, 4) is 17.4 Å². The zero-order chi connectivity index (χ0) is 30.1. The largest absolute Gasteiger partial charge is 0.489 e. The highest BCUT2D eigenvalue weighted by Gasteiger charge is 2.43. The van der Waals surface area contributed by atoms with E-state index in [1.165, 1.54) is 14.2 Å². The summed E-state index contributed by atoms with van der Waals surface area (Å²) >= 11 is 0. The van der Waals surface area contributed by atoms with Crippen LogP contribution in [0.15, 0.2) is 47.1 Å². The van der Waals surface area contributed by atoms with Crippen molar-refractivity contribution in [1.82, 2.24) is 4.98 Å². The molecule has 1 aliphatic heterocycles. The van der Waals surface area contributed by atoms with Gasteiger partial charge < -0.3 is 39.4 Å². The van der Waals surface area contributed by atoms with Crippen molar-refractivity contribution in [2.24, 2.45) is 5.92 Å². The van der Waals surface area contributed by atoms with E-state index in [9.17, 15) is 20.4 Å². The van der Waals surface area contributed by atoms with Crippen molar-refractivity contribution < 1.29 is 39.4 Å².